The van der Waals surface area contributed by atoms with Crippen LogP contribution in [0.3, 0.4) is 0 Å². The summed E-state index contributed by atoms with van der Waals surface area (Å²) in [7, 11) is 2.14. The molecule has 0 spiro atoms. The van der Waals surface area contributed by atoms with E-state index >= 15 is 0 Å². The minimum Gasteiger partial charge on any atom is -0.494 e. The summed E-state index contributed by atoms with van der Waals surface area (Å²) in [5.74, 6) is 2.15. The highest BCUT2D eigenvalue weighted by molar-refractivity contribution is 7.99. The molecular formula is C11H15NOS. The number of thioether (sulfide) groups is 1. The second-order valence-corrected chi connectivity index (χ2v) is 4.47. The van der Waals surface area contributed by atoms with Crippen molar-refractivity contribution in [2.75, 3.05) is 30.9 Å². The van der Waals surface area contributed by atoms with Crippen molar-refractivity contribution in [1.82, 2.24) is 0 Å². The van der Waals surface area contributed by atoms with Gasteiger partial charge in [-0.1, -0.05) is 0 Å². The summed E-state index contributed by atoms with van der Waals surface area (Å²) < 4.78 is 5.48. The van der Waals surface area contributed by atoms with Crippen LogP contribution in [0.2, 0.25) is 0 Å². The Balaban J connectivity index is 2.29. The molecule has 0 amide bonds. The molecule has 1 aliphatic heterocycles. The summed E-state index contributed by atoms with van der Waals surface area (Å²) in [5, 5.41) is 0. The number of anilines is 1. The van der Waals surface area contributed by atoms with Gasteiger partial charge < -0.3 is 9.64 Å². The maximum atomic E-state index is 5.48. The smallest absolute Gasteiger partial charge is 0.120 e. The van der Waals surface area contributed by atoms with Crippen LogP contribution in [0.25, 0.3) is 0 Å². The van der Waals surface area contributed by atoms with Gasteiger partial charge in [-0.15, -0.1) is 11.8 Å². The van der Waals surface area contributed by atoms with Crippen molar-refractivity contribution in [1.29, 1.82) is 0 Å². The van der Waals surface area contributed by atoms with Gasteiger partial charge in [-0.05, 0) is 25.1 Å². The van der Waals surface area contributed by atoms with Gasteiger partial charge in [0.05, 0.1) is 12.3 Å². The number of rotatable bonds is 2. The summed E-state index contributed by atoms with van der Waals surface area (Å²) in [6.45, 7) is 3.88. The molecule has 1 aromatic rings. The number of fused-ring (bicyclic) bond motifs is 1. The molecule has 0 saturated heterocycles. The number of ether oxygens (including phenoxy) is 1. The van der Waals surface area contributed by atoms with Crippen LogP contribution < -0.4 is 9.64 Å². The van der Waals surface area contributed by atoms with Crippen LogP contribution in [0, 0.1) is 0 Å². The average molecular weight is 209 g/mol. The molecule has 0 atom stereocenters. The molecule has 2 nitrogen and oxygen atoms in total. The van der Waals surface area contributed by atoms with E-state index in [1.165, 1.54) is 16.3 Å². The van der Waals surface area contributed by atoms with Gasteiger partial charge in [-0.2, -0.15) is 0 Å². The fourth-order valence-electron chi connectivity index (χ4n) is 1.59. The van der Waals surface area contributed by atoms with Gasteiger partial charge in [0.15, 0.2) is 0 Å². The predicted molar refractivity (Wildman–Crippen MR) is 61.6 cm³/mol. The fourth-order valence-corrected chi connectivity index (χ4v) is 2.75. The summed E-state index contributed by atoms with van der Waals surface area (Å²) in [6, 6.07) is 6.33. The second kappa shape index (κ2) is 4.13. The molecule has 0 aromatic heterocycles. The Morgan fingerprint density at radius 3 is 3.14 bits per heavy atom. The molecule has 14 heavy (non-hydrogen) atoms. The van der Waals surface area contributed by atoms with Crippen molar-refractivity contribution in [2.45, 2.75) is 11.8 Å². The Labute approximate surface area is 89.2 Å². The first kappa shape index (κ1) is 9.71. The molecule has 1 aliphatic rings. The lowest BCUT2D eigenvalue weighted by Crippen LogP contribution is -2.24. The number of benzene rings is 1. The average Bonchev–Trinajstić information content (AvgIpc) is 2.18. The van der Waals surface area contributed by atoms with Gasteiger partial charge in [0.1, 0.15) is 5.75 Å². The highest BCUT2D eigenvalue weighted by atomic mass is 32.2. The minimum atomic E-state index is 0.735. The normalized spacial score (nSPS) is 15.1. The molecule has 1 aromatic carbocycles. The second-order valence-electron chi connectivity index (χ2n) is 3.33. The number of nitrogens with zero attached hydrogens (tertiary/aromatic N) is 1. The van der Waals surface area contributed by atoms with Crippen LogP contribution in [-0.2, 0) is 0 Å². The lowest BCUT2D eigenvalue weighted by Gasteiger charge is -2.27. The van der Waals surface area contributed by atoms with E-state index in [0.717, 1.165) is 18.9 Å². The molecule has 0 bridgehead atoms. The molecule has 3 heteroatoms. The van der Waals surface area contributed by atoms with Crippen molar-refractivity contribution in [3.63, 3.8) is 0 Å². The lowest BCUT2D eigenvalue weighted by molar-refractivity contribution is 0.339. The predicted octanol–water partition coefficient (Wildman–Crippen LogP) is 2.63. The Kier molecular flexibility index (Phi) is 2.87. The third-order valence-electron chi connectivity index (χ3n) is 2.34. The third kappa shape index (κ3) is 1.82. The van der Waals surface area contributed by atoms with Crippen LogP contribution in [0.5, 0.6) is 5.75 Å². The van der Waals surface area contributed by atoms with Crippen LogP contribution in [-0.4, -0.2) is 26.0 Å². The maximum Gasteiger partial charge on any atom is 0.120 e. The van der Waals surface area contributed by atoms with Crippen LogP contribution in [0.15, 0.2) is 23.1 Å². The van der Waals surface area contributed by atoms with Gasteiger partial charge in [0.25, 0.3) is 0 Å². The van der Waals surface area contributed by atoms with Crippen LogP contribution in [0.4, 0.5) is 5.69 Å². The Morgan fingerprint density at radius 1 is 1.50 bits per heavy atom. The zero-order valence-corrected chi connectivity index (χ0v) is 9.43. The van der Waals surface area contributed by atoms with E-state index in [4.69, 9.17) is 4.74 Å². The first-order valence-electron chi connectivity index (χ1n) is 4.92. The largest absolute Gasteiger partial charge is 0.494 e. The molecular weight excluding hydrogens is 194 g/mol. The van der Waals surface area contributed by atoms with Crippen LogP contribution >= 0.6 is 11.8 Å². The molecule has 0 fully saturated rings. The number of hydrogen-bond acceptors (Lipinski definition) is 3. The van der Waals surface area contributed by atoms with Gasteiger partial charge in [-0.3, -0.25) is 0 Å². The SMILES string of the molecule is CCOc1ccc2c(c1)SCCN2C. The van der Waals surface area contributed by atoms with E-state index in [1.807, 2.05) is 24.8 Å². The van der Waals surface area contributed by atoms with E-state index in [9.17, 15) is 0 Å². The van der Waals surface area contributed by atoms with E-state index in [-0.39, 0.29) is 0 Å². The summed E-state index contributed by atoms with van der Waals surface area (Å²) >= 11 is 1.91. The zero-order chi connectivity index (χ0) is 9.97. The molecule has 76 valence electrons. The highest BCUT2D eigenvalue weighted by Gasteiger charge is 2.14. The van der Waals surface area contributed by atoms with E-state index in [2.05, 4.69) is 24.1 Å². The maximum absolute atomic E-state index is 5.48. The van der Waals surface area contributed by atoms with E-state index < -0.39 is 0 Å². The van der Waals surface area contributed by atoms with Gasteiger partial charge in [0.2, 0.25) is 0 Å². The van der Waals surface area contributed by atoms with Gasteiger partial charge in [0, 0.05) is 24.2 Å². The van der Waals surface area contributed by atoms with Crippen molar-refractivity contribution >= 4 is 17.4 Å². The summed E-state index contributed by atoms with van der Waals surface area (Å²) in [5.41, 5.74) is 1.32. The standard InChI is InChI=1S/C11H15NOS/c1-3-13-9-4-5-10-11(8-9)14-7-6-12(10)2/h4-5,8H,3,6-7H2,1-2H3. The molecule has 0 aliphatic carbocycles. The molecule has 2 rings (SSSR count). The van der Waals surface area contributed by atoms with Gasteiger partial charge in [-0.25, -0.2) is 0 Å². The number of hydrogen-bond donors (Lipinski definition) is 0. The van der Waals surface area contributed by atoms with E-state index in [1.54, 1.807) is 0 Å². The van der Waals surface area contributed by atoms with E-state index in [0.29, 0.717) is 0 Å². The Morgan fingerprint density at radius 2 is 2.36 bits per heavy atom. The molecule has 0 N–H and O–H groups in total. The Bertz CT molecular complexity index is 327. The summed E-state index contributed by atoms with van der Waals surface area (Å²) in [6.07, 6.45) is 0. The monoisotopic (exact) mass is 209 g/mol. The van der Waals surface area contributed by atoms with Crippen LogP contribution in [0.1, 0.15) is 6.92 Å². The van der Waals surface area contributed by atoms with Gasteiger partial charge >= 0.3 is 0 Å². The molecule has 0 radical (unpaired) electrons. The Hall–Kier alpha value is -0.830. The lowest BCUT2D eigenvalue weighted by atomic mass is 10.2. The third-order valence-corrected chi connectivity index (χ3v) is 3.36. The first-order chi connectivity index (χ1) is 6.81. The topological polar surface area (TPSA) is 12.5 Å². The van der Waals surface area contributed by atoms with Crippen molar-refractivity contribution in [3.05, 3.63) is 18.2 Å². The fraction of sp³-hybridized carbons (Fsp3) is 0.455. The molecule has 0 unspecified atom stereocenters. The quantitative estimate of drug-likeness (QED) is 0.743. The minimum absolute atomic E-state index is 0.735. The molecule has 1 heterocycles. The zero-order valence-electron chi connectivity index (χ0n) is 8.62. The first-order valence-corrected chi connectivity index (χ1v) is 5.90. The van der Waals surface area contributed by atoms with Crippen molar-refractivity contribution in [2.24, 2.45) is 0 Å². The molecule has 0 saturated carbocycles. The highest BCUT2D eigenvalue weighted by Crippen LogP contribution is 2.36. The van der Waals surface area contributed by atoms with Crippen molar-refractivity contribution < 1.29 is 4.74 Å². The summed E-state index contributed by atoms with van der Waals surface area (Å²) in [4.78, 5) is 3.63. The van der Waals surface area contributed by atoms with Crippen molar-refractivity contribution in [3.8, 4) is 5.75 Å².